The Morgan fingerprint density at radius 1 is 0.944 bits per heavy atom. The van der Waals surface area contributed by atoms with Crippen molar-refractivity contribution in [1.29, 1.82) is 0 Å². The molecule has 1 aliphatic carbocycles. The number of hydrogen-bond acceptors (Lipinski definition) is 0. The van der Waals surface area contributed by atoms with Gasteiger partial charge in [-0.1, -0.05) is 73.1 Å². The minimum Gasteiger partial charge on any atom is -0.0628 e. The van der Waals surface area contributed by atoms with Gasteiger partial charge in [-0.15, -0.1) is 0 Å². The van der Waals surface area contributed by atoms with E-state index in [1.54, 1.807) is 0 Å². The van der Waals surface area contributed by atoms with Crippen LogP contribution >= 0.6 is 0 Å². The van der Waals surface area contributed by atoms with Gasteiger partial charge < -0.3 is 0 Å². The lowest BCUT2D eigenvalue weighted by Crippen LogP contribution is -2.22. The monoisotopic (exact) mass is 252 g/mol. The summed E-state index contributed by atoms with van der Waals surface area (Å²) >= 11 is 0. The Hall–Kier alpha value is 0. The fourth-order valence-electron chi connectivity index (χ4n) is 3.57. The zero-order valence-corrected chi connectivity index (χ0v) is 13.5. The Kier molecular flexibility index (Phi) is 7.34. The van der Waals surface area contributed by atoms with E-state index in [1.165, 1.54) is 51.4 Å². The van der Waals surface area contributed by atoms with E-state index in [1.807, 2.05) is 0 Å². The summed E-state index contributed by atoms with van der Waals surface area (Å²) in [4.78, 5) is 0. The van der Waals surface area contributed by atoms with Gasteiger partial charge in [0.25, 0.3) is 0 Å². The van der Waals surface area contributed by atoms with Crippen LogP contribution in [0.1, 0.15) is 86.0 Å². The second-order valence-electron chi connectivity index (χ2n) is 7.66. The molecule has 0 nitrogen and oxygen atoms in total. The minimum absolute atomic E-state index is 0.886. The summed E-state index contributed by atoms with van der Waals surface area (Å²) in [5.41, 5.74) is 0. The van der Waals surface area contributed by atoms with Gasteiger partial charge in [0, 0.05) is 0 Å². The highest BCUT2D eigenvalue weighted by atomic mass is 14.3. The Balaban J connectivity index is 2.14. The fourth-order valence-corrected chi connectivity index (χ4v) is 3.57. The van der Waals surface area contributed by atoms with Crippen molar-refractivity contribution in [2.75, 3.05) is 0 Å². The second-order valence-corrected chi connectivity index (χ2v) is 7.66. The third-order valence-corrected chi connectivity index (χ3v) is 5.13. The highest BCUT2D eigenvalue weighted by Crippen LogP contribution is 2.37. The van der Waals surface area contributed by atoms with Gasteiger partial charge >= 0.3 is 0 Å². The molecule has 0 aromatic rings. The topological polar surface area (TPSA) is 0 Å². The van der Waals surface area contributed by atoms with E-state index < -0.39 is 0 Å². The summed E-state index contributed by atoms with van der Waals surface area (Å²) in [6.07, 6.45) is 11.7. The lowest BCUT2D eigenvalue weighted by atomic mass is 9.73. The lowest BCUT2D eigenvalue weighted by molar-refractivity contribution is 0.182. The van der Waals surface area contributed by atoms with Crippen molar-refractivity contribution in [2.24, 2.45) is 29.6 Å². The molecule has 0 radical (unpaired) electrons. The first-order chi connectivity index (χ1) is 8.49. The van der Waals surface area contributed by atoms with E-state index in [0.29, 0.717) is 0 Å². The fraction of sp³-hybridized carbons (Fsp3) is 1.00. The molecule has 0 N–H and O–H groups in total. The van der Waals surface area contributed by atoms with Gasteiger partial charge in [0.1, 0.15) is 0 Å². The summed E-state index contributed by atoms with van der Waals surface area (Å²) in [5.74, 6) is 4.84. The van der Waals surface area contributed by atoms with Crippen LogP contribution in [0.5, 0.6) is 0 Å². The molecular weight excluding hydrogens is 216 g/mol. The Morgan fingerprint density at radius 3 is 2.33 bits per heavy atom. The molecule has 0 spiro atoms. The molecule has 4 atom stereocenters. The van der Waals surface area contributed by atoms with E-state index in [9.17, 15) is 0 Å². The highest BCUT2D eigenvalue weighted by molar-refractivity contribution is 4.76. The standard InChI is InChI=1S/C18H36/c1-14(2)7-6-8-15(3)10-12-18-13-16(4)9-11-17(18)5/h14-18H,6-13H2,1-5H3/t15-,16-,17-,18+/m0/s1. The van der Waals surface area contributed by atoms with E-state index in [-0.39, 0.29) is 0 Å². The van der Waals surface area contributed by atoms with E-state index in [0.717, 1.165) is 29.6 Å². The molecule has 0 bridgehead atoms. The van der Waals surface area contributed by atoms with Gasteiger partial charge in [-0.25, -0.2) is 0 Å². The average Bonchev–Trinajstić information content (AvgIpc) is 2.30. The van der Waals surface area contributed by atoms with Crippen molar-refractivity contribution in [3.63, 3.8) is 0 Å². The SMILES string of the molecule is CC(C)CCC[C@H](C)CC[C@@H]1C[C@@H](C)CC[C@@H]1C. The largest absolute Gasteiger partial charge is 0.0628 e. The van der Waals surface area contributed by atoms with Crippen LogP contribution in [0.15, 0.2) is 0 Å². The summed E-state index contributed by atoms with van der Waals surface area (Å²) in [7, 11) is 0. The van der Waals surface area contributed by atoms with Crippen molar-refractivity contribution >= 4 is 0 Å². The molecule has 1 aliphatic rings. The van der Waals surface area contributed by atoms with Crippen LogP contribution in [0.2, 0.25) is 0 Å². The first kappa shape index (κ1) is 16.1. The zero-order valence-electron chi connectivity index (χ0n) is 13.5. The molecule has 0 aromatic carbocycles. The molecular formula is C18H36. The molecule has 0 amide bonds. The normalized spacial score (nSPS) is 30.7. The third-order valence-electron chi connectivity index (χ3n) is 5.13. The molecule has 1 saturated carbocycles. The average molecular weight is 252 g/mol. The second kappa shape index (κ2) is 8.23. The molecule has 0 aliphatic heterocycles. The van der Waals surface area contributed by atoms with E-state index >= 15 is 0 Å². The molecule has 0 aromatic heterocycles. The zero-order chi connectivity index (χ0) is 13.5. The van der Waals surface area contributed by atoms with Crippen LogP contribution < -0.4 is 0 Å². The maximum absolute atomic E-state index is 2.49. The molecule has 1 fully saturated rings. The van der Waals surface area contributed by atoms with Crippen LogP contribution in [-0.2, 0) is 0 Å². The summed E-state index contributed by atoms with van der Waals surface area (Å²) in [6, 6.07) is 0. The Bertz CT molecular complexity index is 206. The van der Waals surface area contributed by atoms with E-state index in [4.69, 9.17) is 0 Å². The van der Waals surface area contributed by atoms with Crippen LogP contribution in [0, 0.1) is 29.6 Å². The first-order valence-electron chi connectivity index (χ1n) is 8.49. The Morgan fingerprint density at radius 2 is 1.67 bits per heavy atom. The van der Waals surface area contributed by atoms with Gasteiger partial charge in [0.15, 0.2) is 0 Å². The molecule has 1 rings (SSSR count). The maximum atomic E-state index is 2.49. The molecule has 0 saturated heterocycles. The number of rotatable bonds is 7. The molecule has 0 unspecified atom stereocenters. The Labute approximate surface area is 116 Å². The molecule has 18 heavy (non-hydrogen) atoms. The predicted octanol–water partition coefficient (Wildman–Crippen LogP) is 6.30. The van der Waals surface area contributed by atoms with Gasteiger partial charge in [0.2, 0.25) is 0 Å². The minimum atomic E-state index is 0.886. The molecule has 0 heteroatoms. The van der Waals surface area contributed by atoms with Crippen molar-refractivity contribution in [3.8, 4) is 0 Å². The van der Waals surface area contributed by atoms with Crippen LogP contribution in [0.25, 0.3) is 0 Å². The van der Waals surface area contributed by atoms with Crippen molar-refractivity contribution in [3.05, 3.63) is 0 Å². The summed E-state index contributed by atoms with van der Waals surface area (Å²) in [6.45, 7) is 12.1. The smallest absolute Gasteiger partial charge is 0.0386 e. The van der Waals surface area contributed by atoms with Gasteiger partial charge in [-0.05, 0) is 42.4 Å². The molecule has 0 heterocycles. The lowest BCUT2D eigenvalue weighted by Gasteiger charge is -2.33. The van der Waals surface area contributed by atoms with Crippen LogP contribution in [0.3, 0.4) is 0 Å². The molecule has 108 valence electrons. The maximum Gasteiger partial charge on any atom is -0.0386 e. The van der Waals surface area contributed by atoms with Crippen LogP contribution in [-0.4, -0.2) is 0 Å². The summed E-state index contributed by atoms with van der Waals surface area (Å²) < 4.78 is 0. The quantitative estimate of drug-likeness (QED) is 0.498. The summed E-state index contributed by atoms with van der Waals surface area (Å²) in [5, 5.41) is 0. The predicted molar refractivity (Wildman–Crippen MR) is 82.8 cm³/mol. The van der Waals surface area contributed by atoms with Crippen molar-refractivity contribution in [2.45, 2.75) is 86.0 Å². The van der Waals surface area contributed by atoms with Gasteiger partial charge in [-0.3, -0.25) is 0 Å². The van der Waals surface area contributed by atoms with Gasteiger partial charge in [-0.2, -0.15) is 0 Å². The number of hydrogen-bond donors (Lipinski definition) is 0. The van der Waals surface area contributed by atoms with Crippen molar-refractivity contribution in [1.82, 2.24) is 0 Å². The van der Waals surface area contributed by atoms with Crippen LogP contribution in [0.4, 0.5) is 0 Å². The van der Waals surface area contributed by atoms with Crippen molar-refractivity contribution < 1.29 is 0 Å². The highest BCUT2D eigenvalue weighted by Gasteiger charge is 2.25. The third kappa shape index (κ3) is 6.25. The van der Waals surface area contributed by atoms with Gasteiger partial charge in [0.05, 0.1) is 0 Å². The first-order valence-corrected chi connectivity index (χ1v) is 8.49. The van der Waals surface area contributed by atoms with E-state index in [2.05, 4.69) is 34.6 Å².